The summed E-state index contributed by atoms with van der Waals surface area (Å²) < 4.78 is 15.6. The van der Waals surface area contributed by atoms with Crippen molar-refractivity contribution in [3.8, 4) is 11.5 Å². The van der Waals surface area contributed by atoms with E-state index in [0.717, 1.165) is 0 Å². The number of hydrogen-bond donors (Lipinski definition) is 1. The number of nitrogens with one attached hydrogen (secondary N) is 1. The number of anilines is 2. The van der Waals surface area contributed by atoms with Gasteiger partial charge in [-0.1, -0.05) is 11.6 Å². The normalized spacial score (nSPS) is 14.2. The molecule has 3 rings (SSSR count). The van der Waals surface area contributed by atoms with E-state index < -0.39 is 18.5 Å². The summed E-state index contributed by atoms with van der Waals surface area (Å²) in [4.78, 5) is 35.0. The highest BCUT2D eigenvalue weighted by atomic mass is 35.5. The molecule has 1 fully saturated rings. The molecule has 0 saturated carbocycles. The van der Waals surface area contributed by atoms with Crippen LogP contribution >= 0.6 is 11.6 Å². The zero-order chi connectivity index (χ0) is 21.5. The van der Waals surface area contributed by atoms with E-state index in [-0.39, 0.29) is 5.92 Å². The first-order chi connectivity index (χ1) is 14.5. The molecule has 0 unspecified atom stereocenters. The maximum absolute atomic E-state index is 12.3. The standard InChI is InChI=1S/C20H23ClN4O5/c1-28-16-11-17(29-2)15(10-14(16)21)24-18(26)12-30-19(27)13-4-8-25(9-5-13)20-22-6-3-7-23-20/h3,6-7,10-11,13H,4-5,8-9,12H2,1-2H3,(H,24,26). The molecule has 0 spiro atoms. The number of hydrogen-bond acceptors (Lipinski definition) is 8. The number of aromatic nitrogens is 2. The van der Waals surface area contributed by atoms with Gasteiger partial charge in [0.2, 0.25) is 5.95 Å². The summed E-state index contributed by atoms with van der Waals surface area (Å²) in [5, 5.41) is 2.95. The van der Waals surface area contributed by atoms with Gasteiger partial charge in [-0.25, -0.2) is 9.97 Å². The van der Waals surface area contributed by atoms with Crippen LogP contribution in [-0.2, 0) is 14.3 Å². The molecular formula is C20H23ClN4O5. The second kappa shape index (κ2) is 10.1. The highest BCUT2D eigenvalue weighted by molar-refractivity contribution is 6.32. The summed E-state index contributed by atoms with van der Waals surface area (Å²) in [7, 11) is 2.95. The van der Waals surface area contributed by atoms with E-state index in [2.05, 4.69) is 15.3 Å². The van der Waals surface area contributed by atoms with Crippen molar-refractivity contribution >= 4 is 35.1 Å². The molecule has 1 aromatic heterocycles. The molecule has 2 aromatic rings. The van der Waals surface area contributed by atoms with E-state index in [1.54, 1.807) is 24.5 Å². The van der Waals surface area contributed by atoms with Crippen LogP contribution in [0, 0.1) is 5.92 Å². The average molecular weight is 435 g/mol. The van der Waals surface area contributed by atoms with Gasteiger partial charge in [-0.15, -0.1) is 0 Å². The maximum Gasteiger partial charge on any atom is 0.309 e. The van der Waals surface area contributed by atoms with Crippen LogP contribution in [0.15, 0.2) is 30.6 Å². The third-order valence-corrected chi connectivity index (χ3v) is 5.05. The van der Waals surface area contributed by atoms with Gasteiger partial charge in [0.1, 0.15) is 11.5 Å². The summed E-state index contributed by atoms with van der Waals surface area (Å²) in [6, 6.07) is 4.84. The molecular weight excluding hydrogens is 412 g/mol. The van der Waals surface area contributed by atoms with Crippen molar-refractivity contribution in [2.45, 2.75) is 12.8 Å². The average Bonchev–Trinajstić information content (AvgIpc) is 2.78. The maximum atomic E-state index is 12.3. The second-order valence-electron chi connectivity index (χ2n) is 6.65. The van der Waals surface area contributed by atoms with Crippen LogP contribution in [-0.4, -0.2) is 55.8 Å². The van der Waals surface area contributed by atoms with Crippen LogP contribution in [0.5, 0.6) is 11.5 Å². The zero-order valence-electron chi connectivity index (χ0n) is 16.8. The lowest BCUT2D eigenvalue weighted by Crippen LogP contribution is -2.38. The first kappa shape index (κ1) is 21.6. The highest BCUT2D eigenvalue weighted by Gasteiger charge is 2.27. The number of rotatable bonds is 7. The molecule has 160 valence electrons. The molecule has 0 bridgehead atoms. The van der Waals surface area contributed by atoms with Crippen LogP contribution < -0.4 is 19.7 Å². The van der Waals surface area contributed by atoms with Crippen molar-refractivity contribution < 1.29 is 23.8 Å². The molecule has 1 aliphatic heterocycles. The summed E-state index contributed by atoms with van der Waals surface area (Å²) in [6.45, 7) is 0.905. The SMILES string of the molecule is COc1cc(OC)c(NC(=O)COC(=O)C2CCN(c3ncccn3)CC2)cc1Cl. The minimum absolute atomic E-state index is 0.261. The van der Waals surface area contributed by atoms with Crippen LogP contribution in [0.4, 0.5) is 11.6 Å². The zero-order valence-corrected chi connectivity index (χ0v) is 17.5. The minimum Gasteiger partial charge on any atom is -0.495 e. The second-order valence-corrected chi connectivity index (χ2v) is 7.06. The van der Waals surface area contributed by atoms with Gasteiger partial charge in [0.15, 0.2) is 6.61 Å². The van der Waals surface area contributed by atoms with Crippen LogP contribution in [0.1, 0.15) is 12.8 Å². The number of amides is 1. The molecule has 1 N–H and O–H groups in total. The van der Waals surface area contributed by atoms with E-state index in [1.165, 1.54) is 20.3 Å². The van der Waals surface area contributed by atoms with Crippen molar-refractivity contribution in [3.05, 3.63) is 35.6 Å². The quantitative estimate of drug-likeness (QED) is 0.663. The fourth-order valence-electron chi connectivity index (χ4n) is 3.17. The van der Waals surface area contributed by atoms with Crippen molar-refractivity contribution in [3.63, 3.8) is 0 Å². The Kier molecular flexibility index (Phi) is 7.29. The largest absolute Gasteiger partial charge is 0.495 e. The molecule has 1 aromatic carbocycles. The Hall–Kier alpha value is -3.07. The van der Waals surface area contributed by atoms with Crippen LogP contribution in [0.3, 0.4) is 0 Å². The minimum atomic E-state index is -0.488. The molecule has 1 saturated heterocycles. The molecule has 1 amide bonds. The molecule has 2 heterocycles. The van der Waals surface area contributed by atoms with Gasteiger partial charge in [-0.2, -0.15) is 0 Å². The van der Waals surface area contributed by atoms with E-state index in [9.17, 15) is 9.59 Å². The highest BCUT2D eigenvalue weighted by Crippen LogP contribution is 2.35. The lowest BCUT2D eigenvalue weighted by atomic mass is 9.97. The van der Waals surface area contributed by atoms with Crippen LogP contribution in [0.25, 0.3) is 0 Å². The Morgan fingerprint density at radius 2 is 1.80 bits per heavy atom. The molecule has 1 aliphatic rings. The summed E-state index contributed by atoms with van der Waals surface area (Å²) in [5.41, 5.74) is 0.362. The van der Waals surface area contributed by atoms with Crippen molar-refractivity contribution in [1.29, 1.82) is 0 Å². The number of halogens is 1. The predicted molar refractivity (Wildman–Crippen MR) is 111 cm³/mol. The Labute approximate surface area is 179 Å². The molecule has 0 aliphatic carbocycles. The fourth-order valence-corrected chi connectivity index (χ4v) is 3.41. The van der Waals surface area contributed by atoms with E-state index >= 15 is 0 Å². The van der Waals surface area contributed by atoms with Crippen LogP contribution in [0.2, 0.25) is 5.02 Å². The molecule has 9 nitrogen and oxygen atoms in total. The van der Waals surface area contributed by atoms with Gasteiger partial charge in [0, 0.05) is 31.5 Å². The summed E-state index contributed by atoms with van der Waals surface area (Å²) in [5.74, 6) is 0.312. The van der Waals surface area contributed by atoms with Gasteiger partial charge >= 0.3 is 5.97 Å². The monoisotopic (exact) mass is 434 g/mol. The fraction of sp³-hybridized carbons (Fsp3) is 0.400. The van der Waals surface area contributed by atoms with E-state index in [0.29, 0.717) is 54.1 Å². The van der Waals surface area contributed by atoms with Gasteiger partial charge in [0.25, 0.3) is 5.91 Å². The van der Waals surface area contributed by atoms with Crippen molar-refractivity contribution in [1.82, 2.24) is 9.97 Å². The molecule has 0 radical (unpaired) electrons. The molecule has 10 heteroatoms. The molecule has 30 heavy (non-hydrogen) atoms. The lowest BCUT2D eigenvalue weighted by molar-refractivity contribution is -0.152. The number of benzene rings is 1. The third-order valence-electron chi connectivity index (χ3n) is 4.76. The third kappa shape index (κ3) is 5.29. The Morgan fingerprint density at radius 3 is 2.43 bits per heavy atom. The van der Waals surface area contributed by atoms with E-state index in [4.69, 9.17) is 25.8 Å². The topological polar surface area (TPSA) is 103 Å². The van der Waals surface area contributed by atoms with Gasteiger partial charge in [-0.3, -0.25) is 9.59 Å². The number of carbonyl (C=O) groups is 2. The number of esters is 1. The van der Waals surface area contributed by atoms with E-state index in [1.807, 2.05) is 4.90 Å². The van der Waals surface area contributed by atoms with Crippen molar-refractivity contribution in [2.24, 2.45) is 5.92 Å². The Bertz CT molecular complexity index is 888. The Balaban J connectivity index is 1.48. The first-order valence-corrected chi connectivity index (χ1v) is 9.79. The first-order valence-electron chi connectivity index (χ1n) is 9.41. The summed E-state index contributed by atoms with van der Waals surface area (Å²) >= 11 is 6.10. The van der Waals surface area contributed by atoms with Gasteiger partial charge in [0.05, 0.1) is 30.8 Å². The Morgan fingerprint density at radius 1 is 1.13 bits per heavy atom. The van der Waals surface area contributed by atoms with Gasteiger partial charge < -0.3 is 24.4 Å². The number of carbonyl (C=O) groups excluding carboxylic acids is 2. The predicted octanol–water partition coefficient (Wildman–Crippen LogP) is 2.55. The number of methoxy groups -OCH3 is 2. The molecule has 0 atom stereocenters. The smallest absolute Gasteiger partial charge is 0.309 e. The number of piperidine rings is 1. The lowest BCUT2D eigenvalue weighted by Gasteiger charge is -2.30. The summed E-state index contributed by atoms with van der Waals surface area (Å²) in [6.07, 6.45) is 4.60. The number of ether oxygens (including phenoxy) is 3. The van der Waals surface area contributed by atoms with Crippen molar-refractivity contribution in [2.75, 3.05) is 44.1 Å². The van der Waals surface area contributed by atoms with Gasteiger partial charge in [-0.05, 0) is 25.0 Å². The number of nitrogens with zero attached hydrogens (tertiary/aromatic N) is 3.